The third kappa shape index (κ3) is 4.44. The van der Waals surface area contributed by atoms with Gasteiger partial charge < -0.3 is 20.2 Å². The number of rotatable bonds is 3. The maximum atomic E-state index is 10.2. The number of phenolic OH excluding ortho intramolecular Hbond substituents is 3. The Morgan fingerprint density at radius 1 is 1.04 bits per heavy atom. The molecule has 4 nitrogen and oxygen atoms in total. The van der Waals surface area contributed by atoms with Crippen molar-refractivity contribution in [2.24, 2.45) is 5.92 Å². The summed E-state index contributed by atoms with van der Waals surface area (Å²) in [5.74, 6) is 1.10. The van der Waals surface area contributed by atoms with Crippen LogP contribution in [-0.4, -0.2) is 39.9 Å². The first-order valence-corrected chi connectivity index (χ1v) is 10.8. The van der Waals surface area contributed by atoms with Gasteiger partial charge in [0.15, 0.2) is 11.5 Å². The molecule has 0 amide bonds. The second kappa shape index (κ2) is 9.22. The molecule has 2 aromatic rings. The van der Waals surface area contributed by atoms with Crippen molar-refractivity contribution in [3.05, 3.63) is 50.6 Å². The Balaban J connectivity index is 0.00000225. The van der Waals surface area contributed by atoms with Crippen LogP contribution in [0.4, 0.5) is 0 Å². The second-order valence-corrected chi connectivity index (χ2v) is 9.01. The second-order valence-electron chi connectivity index (χ2n) is 7.93. The molecule has 1 heterocycles. The van der Waals surface area contributed by atoms with Crippen molar-refractivity contribution in [2.45, 2.75) is 38.0 Å². The summed E-state index contributed by atoms with van der Waals surface area (Å²) >= 11 is 2.15. The molecule has 4 rings (SSSR count). The predicted molar refractivity (Wildman–Crippen MR) is 125 cm³/mol. The molecule has 6 heteroatoms. The van der Waals surface area contributed by atoms with Crippen molar-refractivity contribution in [1.29, 1.82) is 0 Å². The fourth-order valence-corrected chi connectivity index (χ4v) is 5.54. The minimum Gasteiger partial charge on any atom is -0.508 e. The number of fused-ring (bicyclic) bond motifs is 1. The van der Waals surface area contributed by atoms with Gasteiger partial charge in [-0.05, 0) is 82.7 Å². The molecule has 0 bridgehead atoms. The van der Waals surface area contributed by atoms with E-state index in [0.717, 1.165) is 52.2 Å². The fraction of sp³-hybridized carbons (Fsp3) is 0.455. The third-order valence-electron chi connectivity index (χ3n) is 6.14. The Morgan fingerprint density at radius 3 is 2.39 bits per heavy atom. The summed E-state index contributed by atoms with van der Waals surface area (Å²) in [6, 6.07) is 9.14. The van der Waals surface area contributed by atoms with E-state index in [0.29, 0.717) is 0 Å². The molecule has 152 valence electrons. The smallest absolute Gasteiger partial charge is 0.171 e. The average molecular weight is 560 g/mol. The van der Waals surface area contributed by atoms with E-state index in [1.807, 2.05) is 12.1 Å². The zero-order chi connectivity index (χ0) is 19.0. The zero-order valence-electron chi connectivity index (χ0n) is 15.8. The molecule has 1 aliphatic carbocycles. The van der Waals surface area contributed by atoms with Crippen molar-refractivity contribution < 1.29 is 15.3 Å². The lowest BCUT2D eigenvalue weighted by Crippen LogP contribution is -2.32. The summed E-state index contributed by atoms with van der Waals surface area (Å²) < 4.78 is 0.758. The third-order valence-corrected chi connectivity index (χ3v) is 7.30. The van der Waals surface area contributed by atoms with Crippen molar-refractivity contribution in [2.75, 3.05) is 19.6 Å². The largest absolute Gasteiger partial charge is 0.508 e. The standard InChI is InChI=1S/C22H26INO3.BrH/c23-21-17-9-10-24(12-14-3-1-2-4-14)13-19(15-5-7-16(25)8-6-15)18(17)11-20(26)22(21)27;/h5-8,11,14,19,25-27H,1-4,9-10,12-13H2;1H. The first kappa shape index (κ1) is 21.7. The number of aromatic hydroxyl groups is 3. The highest BCUT2D eigenvalue weighted by molar-refractivity contribution is 14.1. The quantitative estimate of drug-likeness (QED) is 0.359. The Hall–Kier alpha value is -0.990. The van der Waals surface area contributed by atoms with Crippen LogP contribution in [0.1, 0.15) is 48.3 Å². The first-order chi connectivity index (χ1) is 13.0. The molecule has 28 heavy (non-hydrogen) atoms. The summed E-state index contributed by atoms with van der Waals surface area (Å²) in [5, 5.41) is 30.2. The van der Waals surface area contributed by atoms with Crippen LogP contribution in [-0.2, 0) is 6.42 Å². The van der Waals surface area contributed by atoms with Gasteiger partial charge in [-0.3, -0.25) is 0 Å². The number of phenols is 3. The number of nitrogens with zero attached hydrogens (tertiary/aromatic N) is 1. The van der Waals surface area contributed by atoms with E-state index >= 15 is 0 Å². The number of hydrogen-bond donors (Lipinski definition) is 3. The highest BCUT2D eigenvalue weighted by atomic mass is 127. The number of hydrogen-bond acceptors (Lipinski definition) is 4. The molecule has 0 saturated heterocycles. The van der Waals surface area contributed by atoms with Gasteiger partial charge in [-0.2, -0.15) is 0 Å². The van der Waals surface area contributed by atoms with Crippen LogP contribution in [0.15, 0.2) is 30.3 Å². The molecule has 0 radical (unpaired) electrons. The van der Waals surface area contributed by atoms with Gasteiger partial charge in [0.2, 0.25) is 0 Å². The first-order valence-electron chi connectivity index (χ1n) is 9.77. The number of halogens is 2. The van der Waals surface area contributed by atoms with E-state index < -0.39 is 0 Å². The van der Waals surface area contributed by atoms with Crippen LogP contribution in [0.2, 0.25) is 0 Å². The van der Waals surface area contributed by atoms with E-state index in [4.69, 9.17) is 0 Å². The average Bonchev–Trinajstić information content (AvgIpc) is 3.10. The van der Waals surface area contributed by atoms with Gasteiger partial charge in [0.05, 0.1) is 3.57 Å². The van der Waals surface area contributed by atoms with Gasteiger partial charge >= 0.3 is 0 Å². The Kier molecular flexibility index (Phi) is 7.15. The molecule has 1 fully saturated rings. The Morgan fingerprint density at radius 2 is 1.71 bits per heavy atom. The van der Waals surface area contributed by atoms with Gasteiger partial charge in [0.25, 0.3) is 0 Å². The molecule has 0 spiro atoms. The van der Waals surface area contributed by atoms with E-state index in [9.17, 15) is 15.3 Å². The van der Waals surface area contributed by atoms with E-state index in [-0.39, 0.29) is 40.1 Å². The molecule has 0 aromatic heterocycles. The molecule has 2 aliphatic rings. The maximum absolute atomic E-state index is 10.2. The summed E-state index contributed by atoms with van der Waals surface area (Å²) in [6.45, 7) is 2.99. The van der Waals surface area contributed by atoms with E-state index in [1.54, 1.807) is 18.2 Å². The molecule has 2 aromatic carbocycles. The number of benzene rings is 2. The van der Waals surface area contributed by atoms with E-state index in [2.05, 4.69) is 27.5 Å². The molecule has 1 saturated carbocycles. The summed E-state index contributed by atoms with van der Waals surface area (Å²) in [5.41, 5.74) is 3.36. The van der Waals surface area contributed by atoms with Crippen molar-refractivity contribution in [3.63, 3.8) is 0 Å². The summed E-state index contributed by atoms with van der Waals surface area (Å²) in [4.78, 5) is 2.55. The molecule has 1 unspecified atom stereocenters. The van der Waals surface area contributed by atoms with Gasteiger partial charge in [0, 0.05) is 25.6 Å². The minimum atomic E-state index is -0.0498. The topological polar surface area (TPSA) is 63.9 Å². The van der Waals surface area contributed by atoms with Gasteiger partial charge in [0.1, 0.15) is 5.75 Å². The normalized spacial score (nSPS) is 20.4. The summed E-state index contributed by atoms with van der Waals surface area (Å²) in [7, 11) is 0. The molecular formula is C22H27BrINO3. The zero-order valence-corrected chi connectivity index (χ0v) is 19.6. The van der Waals surface area contributed by atoms with Crippen molar-refractivity contribution in [1.82, 2.24) is 4.90 Å². The van der Waals surface area contributed by atoms with Crippen molar-refractivity contribution in [3.8, 4) is 17.2 Å². The van der Waals surface area contributed by atoms with Crippen LogP contribution >= 0.6 is 39.6 Å². The lowest BCUT2D eigenvalue weighted by molar-refractivity contribution is 0.233. The molecular weight excluding hydrogens is 533 g/mol. The Labute approximate surface area is 190 Å². The molecule has 3 N–H and O–H groups in total. The van der Waals surface area contributed by atoms with Crippen molar-refractivity contribution >= 4 is 39.6 Å². The minimum absolute atomic E-state index is 0. The fourth-order valence-electron chi connectivity index (χ4n) is 4.68. The lowest BCUT2D eigenvalue weighted by Gasteiger charge is -2.27. The monoisotopic (exact) mass is 559 g/mol. The van der Waals surface area contributed by atoms with Crippen LogP contribution in [0.25, 0.3) is 0 Å². The maximum Gasteiger partial charge on any atom is 0.171 e. The summed E-state index contributed by atoms with van der Waals surface area (Å²) in [6.07, 6.45) is 6.22. The molecule has 1 atom stereocenters. The van der Waals surface area contributed by atoms with E-state index in [1.165, 1.54) is 25.7 Å². The highest BCUT2D eigenvalue weighted by Gasteiger charge is 2.29. The van der Waals surface area contributed by atoms with Crippen LogP contribution in [0.3, 0.4) is 0 Å². The highest BCUT2D eigenvalue weighted by Crippen LogP contribution is 2.42. The molecule has 1 aliphatic heterocycles. The van der Waals surface area contributed by atoms with Crippen LogP contribution in [0, 0.1) is 9.49 Å². The lowest BCUT2D eigenvalue weighted by atomic mass is 9.87. The van der Waals surface area contributed by atoms with Gasteiger partial charge in [-0.1, -0.05) is 25.0 Å². The predicted octanol–water partition coefficient (Wildman–Crippen LogP) is 5.17. The SMILES string of the molecule is Br.Oc1ccc(C2CN(CC3CCCC3)CCc3c2cc(O)c(O)c3I)cc1. The van der Waals surface area contributed by atoms with Gasteiger partial charge in [-0.15, -0.1) is 17.0 Å². The van der Waals surface area contributed by atoms with Gasteiger partial charge in [-0.25, -0.2) is 0 Å². The van der Waals surface area contributed by atoms with Crippen LogP contribution in [0.5, 0.6) is 17.2 Å². The van der Waals surface area contributed by atoms with Crippen LogP contribution < -0.4 is 0 Å². The Bertz CT molecular complexity index is 822.